The number of ether oxygens (including phenoxy) is 1. The molecule has 0 saturated carbocycles. The third kappa shape index (κ3) is 3.58. The molecule has 0 spiro atoms. The van der Waals surface area contributed by atoms with Gasteiger partial charge < -0.3 is 10.1 Å². The van der Waals surface area contributed by atoms with E-state index in [4.69, 9.17) is 4.74 Å². The van der Waals surface area contributed by atoms with Gasteiger partial charge in [-0.15, -0.1) is 0 Å². The molecule has 1 heterocycles. The molecule has 1 aliphatic rings. The van der Waals surface area contributed by atoms with Gasteiger partial charge >= 0.3 is 0 Å². The monoisotopic (exact) mass is 199 g/mol. The zero-order valence-corrected chi connectivity index (χ0v) is 9.88. The van der Waals surface area contributed by atoms with Crippen molar-refractivity contribution in [3.63, 3.8) is 0 Å². The summed E-state index contributed by atoms with van der Waals surface area (Å²) in [5.74, 6) is 0.772. The van der Waals surface area contributed by atoms with Gasteiger partial charge in [-0.1, -0.05) is 20.3 Å². The maximum atomic E-state index is 5.67. The van der Waals surface area contributed by atoms with E-state index in [2.05, 4.69) is 26.2 Å². The van der Waals surface area contributed by atoms with E-state index < -0.39 is 0 Å². The van der Waals surface area contributed by atoms with E-state index in [9.17, 15) is 0 Å². The average molecular weight is 199 g/mol. The SMILES string of the molecule is CCCC(C)C(CC1CCCO1)NC. The van der Waals surface area contributed by atoms with Gasteiger partial charge in [0.15, 0.2) is 0 Å². The molecule has 0 aliphatic carbocycles. The molecule has 0 aromatic carbocycles. The van der Waals surface area contributed by atoms with Crippen LogP contribution >= 0.6 is 0 Å². The van der Waals surface area contributed by atoms with Crippen molar-refractivity contribution in [1.82, 2.24) is 5.32 Å². The molecule has 2 nitrogen and oxygen atoms in total. The van der Waals surface area contributed by atoms with Crippen molar-refractivity contribution >= 4 is 0 Å². The minimum Gasteiger partial charge on any atom is -0.378 e. The second kappa shape index (κ2) is 6.41. The zero-order chi connectivity index (χ0) is 10.4. The van der Waals surface area contributed by atoms with Crippen molar-refractivity contribution in [2.24, 2.45) is 5.92 Å². The van der Waals surface area contributed by atoms with Crippen molar-refractivity contribution in [2.75, 3.05) is 13.7 Å². The number of rotatable bonds is 6. The highest BCUT2D eigenvalue weighted by Crippen LogP contribution is 2.21. The van der Waals surface area contributed by atoms with E-state index in [1.807, 2.05) is 0 Å². The van der Waals surface area contributed by atoms with Crippen molar-refractivity contribution in [3.05, 3.63) is 0 Å². The molecular formula is C12H25NO. The van der Waals surface area contributed by atoms with Gasteiger partial charge in [-0.25, -0.2) is 0 Å². The van der Waals surface area contributed by atoms with Crippen molar-refractivity contribution < 1.29 is 4.74 Å². The Morgan fingerprint density at radius 2 is 2.29 bits per heavy atom. The Balaban J connectivity index is 2.29. The first kappa shape index (κ1) is 12.0. The van der Waals surface area contributed by atoms with Crippen molar-refractivity contribution in [1.29, 1.82) is 0 Å². The highest BCUT2D eigenvalue weighted by Gasteiger charge is 2.22. The summed E-state index contributed by atoms with van der Waals surface area (Å²) < 4.78 is 5.67. The minimum absolute atomic E-state index is 0.520. The molecule has 2 heteroatoms. The Morgan fingerprint density at radius 1 is 1.50 bits per heavy atom. The fraction of sp³-hybridized carbons (Fsp3) is 1.00. The van der Waals surface area contributed by atoms with Crippen LogP contribution < -0.4 is 5.32 Å². The number of hydrogen-bond acceptors (Lipinski definition) is 2. The number of nitrogens with one attached hydrogen (secondary N) is 1. The molecular weight excluding hydrogens is 174 g/mol. The van der Waals surface area contributed by atoms with Crippen LogP contribution in [0.15, 0.2) is 0 Å². The van der Waals surface area contributed by atoms with Crippen LogP contribution in [-0.2, 0) is 4.74 Å². The maximum absolute atomic E-state index is 5.67. The largest absolute Gasteiger partial charge is 0.378 e. The van der Waals surface area contributed by atoms with Crippen molar-refractivity contribution in [3.8, 4) is 0 Å². The molecule has 1 fully saturated rings. The second-order valence-electron chi connectivity index (χ2n) is 4.53. The van der Waals surface area contributed by atoms with Crippen LogP contribution in [0.2, 0.25) is 0 Å². The standard InChI is InChI=1S/C12H25NO/c1-4-6-10(2)12(13-3)9-11-7-5-8-14-11/h10-13H,4-9H2,1-3H3. The van der Waals surface area contributed by atoms with Crippen LogP contribution in [0.3, 0.4) is 0 Å². The fourth-order valence-corrected chi connectivity index (χ4v) is 2.40. The molecule has 1 rings (SSSR count). The lowest BCUT2D eigenvalue weighted by molar-refractivity contribution is 0.0884. The van der Waals surface area contributed by atoms with E-state index >= 15 is 0 Å². The normalized spacial score (nSPS) is 26.4. The van der Waals surface area contributed by atoms with Gasteiger partial charge in [-0.05, 0) is 38.6 Å². The Kier molecular flexibility index (Phi) is 5.49. The lowest BCUT2D eigenvalue weighted by atomic mass is 9.92. The van der Waals surface area contributed by atoms with Gasteiger partial charge in [-0.2, -0.15) is 0 Å². The Hall–Kier alpha value is -0.0800. The molecule has 0 aromatic heterocycles. The summed E-state index contributed by atoms with van der Waals surface area (Å²) in [5, 5.41) is 3.43. The first-order valence-electron chi connectivity index (χ1n) is 6.06. The summed E-state index contributed by atoms with van der Waals surface area (Å²) in [6, 6.07) is 0.637. The second-order valence-corrected chi connectivity index (χ2v) is 4.53. The Bertz CT molecular complexity index is 143. The van der Waals surface area contributed by atoms with E-state index in [1.165, 1.54) is 32.1 Å². The van der Waals surface area contributed by atoms with Gasteiger partial charge in [0.2, 0.25) is 0 Å². The quantitative estimate of drug-likeness (QED) is 0.710. The number of hydrogen-bond donors (Lipinski definition) is 1. The van der Waals surface area contributed by atoms with Gasteiger partial charge in [0.05, 0.1) is 6.10 Å². The third-order valence-corrected chi connectivity index (χ3v) is 3.34. The predicted molar refractivity (Wildman–Crippen MR) is 60.5 cm³/mol. The Morgan fingerprint density at radius 3 is 2.79 bits per heavy atom. The summed E-state index contributed by atoms with van der Waals surface area (Å²) in [6.07, 6.45) is 6.83. The molecule has 3 unspecified atom stereocenters. The topological polar surface area (TPSA) is 21.3 Å². The van der Waals surface area contributed by atoms with Gasteiger partial charge in [0.1, 0.15) is 0 Å². The summed E-state index contributed by atoms with van der Waals surface area (Å²) >= 11 is 0. The first-order valence-corrected chi connectivity index (χ1v) is 6.06. The highest BCUT2D eigenvalue weighted by atomic mass is 16.5. The summed E-state index contributed by atoms with van der Waals surface area (Å²) in [4.78, 5) is 0. The summed E-state index contributed by atoms with van der Waals surface area (Å²) in [6.45, 7) is 5.58. The fourth-order valence-electron chi connectivity index (χ4n) is 2.40. The van der Waals surface area contributed by atoms with Gasteiger partial charge in [-0.3, -0.25) is 0 Å². The van der Waals surface area contributed by atoms with E-state index in [0.29, 0.717) is 12.1 Å². The van der Waals surface area contributed by atoms with E-state index in [0.717, 1.165) is 12.5 Å². The molecule has 1 aliphatic heterocycles. The van der Waals surface area contributed by atoms with Crippen LogP contribution in [0.4, 0.5) is 0 Å². The summed E-state index contributed by atoms with van der Waals surface area (Å²) in [7, 11) is 2.08. The Labute approximate surface area is 88.4 Å². The molecule has 84 valence electrons. The van der Waals surface area contributed by atoms with Crippen molar-refractivity contribution in [2.45, 2.75) is 58.1 Å². The lowest BCUT2D eigenvalue weighted by Crippen LogP contribution is -2.35. The highest BCUT2D eigenvalue weighted by molar-refractivity contribution is 4.77. The lowest BCUT2D eigenvalue weighted by Gasteiger charge is -2.25. The molecule has 3 atom stereocenters. The summed E-state index contributed by atoms with van der Waals surface area (Å²) in [5.41, 5.74) is 0. The molecule has 1 saturated heterocycles. The van der Waals surface area contributed by atoms with E-state index in [1.54, 1.807) is 0 Å². The molecule has 0 radical (unpaired) electrons. The minimum atomic E-state index is 0.520. The molecule has 0 bridgehead atoms. The van der Waals surface area contributed by atoms with Crippen LogP contribution in [0.5, 0.6) is 0 Å². The average Bonchev–Trinajstić information content (AvgIpc) is 2.66. The molecule has 0 amide bonds. The molecule has 0 aromatic rings. The van der Waals surface area contributed by atoms with Gasteiger partial charge in [0.25, 0.3) is 0 Å². The smallest absolute Gasteiger partial charge is 0.0590 e. The van der Waals surface area contributed by atoms with Crippen LogP contribution in [0.1, 0.15) is 46.0 Å². The third-order valence-electron chi connectivity index (χ3n) is 3.34. The van der Waals surface area contributed by atoms with Crippen LogP contribution in [0, 0.1) is 5.92 Å². The van der Waals surface area contributed by atoms with E-state index in [-0.39, 0.29) is 0 Å². The zero-order valence-electron chi connectivity index (χ0n) is 9.88. The first-order chi connectivity index (χ1) is 6.77. The predicted octanol–water partition coefficient (Wildman–Crippen LogP) is 2.58. The maximum Gasteiger partial charge on any atom is 0.0590 e. The molecule has 14 heavy (non-hydrogen) atoms. The van der Waals surface area contributed by atoms with Crippen LogP contribution in [0.25, 0.3) is 0 Å². The molecule has 1 N–H and O–H groups in total. The van der Waals surface area contributed by atoms with Crippen LogP contribution in [-0.4, -0.2) is 25.8 Å². The van der Waals surface area contributed by atoms with Gasteiger partial charge in [0, 0.05) is 12.6 Å².